The maximum Gasteiger partial charge on any atom is 0.0735 e. The van der Waals surface area contributed by atoms with Crippen LogP contribution in [0.2, 0.25) is 0 Å². The first kappa shape index (κ1) is 17.3. The molecule has 0 aromatic carbocycles. The molecule has 4 fully saturated rings. The molecule has 4 aliphatic rings. The van der Waals surface area contributed by atoms with Gasteiger partial charge in [0.15, 0.2) is 0 Å². The summed E-state index contributed by atoms with van der Waals surface area (Å²) in [5.41, 5.74) is 6.13. The molecule has 0 radical (unpaired) electrons. The molecule has 4 aliphatic carbocycles. The number of nitrogens with two attached hydrogens (primary N) is 1. The Bertz CT molecular complexity index is 508. The van der Waals surface area contributed by atoms with Crippen LogP contribution in [0.3, 0.4) is 0 Å². The summed E-state index contributed by atoms with van der Waals surface area (Å²) in [5.74, 6) is 2.19. The van der Waals surface area contributed by atoms with Gasteiger partial charge in [0.2, 0.25) is 0 Å². The third kappa shape index (κ3) is 2.07. The van der Waals surface area contributed by atoms with Gasteiger partial charge >= 0.3 is 0 Å². The first-order valence-electron chi connectivity index (χ1n) is 10.4. The Labute approximate surface area is 147 Å². The Hall–Kier alpha value is -0.120. The van der Waals surface area contributed by atoms with Gasteiger partial charge in [-0.3, -0.25) is 0 Å². The van der Waals surface area contributed by atoms with Gasteiger partial charge in [-0.15, -0.1) is 0 Å². The average molecular weight is 336 g/mol. The molecule has 0 aromatic rings. The summed E-state index contributed by atoms with van der Waals surface area (Å²) in [6.45, 7) is 6.95. The molecule has 4 rings (SSSR count). The first-order chi connectivity index (χ1) is 11.2. The van der Waals surface area contributed by atoms with E-state index in [1.165, 1.54) is 12.8 Å². The van der Waals surface area contributed by atoms with Crippen LogP contribution in [0.15, 0.2) is 0 Å². The van der Waals surface area contributed by atoms with Gasteiger partial charge in [0.05, 0.1) is 11.7 Å². The van der Waals surface area contributed by atoms with Crippen LogP contribution < -0.4 is 5.73 Å². The minimum atomic E-state index is -0.516. The van der Waals surface area contributed by atoms with Crippen molar-refractivity contribution >= 4 is 0 Å². The standard InChI is InChI=1S/C21H37NO2/c1-13(22)16-8-11-21(24)18-5-4-14-12-15(23)6-9-19(14,2)17(18)7-10-20(16,21)3/h13-18,23-24H,4-12,22H2,1-3H3/t13?,14?,15?,16-,17+,18-,19+,20-,21+/m1/s1. The number of hydrogen-bond acceptors (Lipinski definition) is 3. The largest absolute Gasteiger partial charge is 0.393 e. The summed E-state index contributed by atoms with van der Waals surface area (Å²) >= 11 is 0. The van der Waals surface area contributed by atoms with Gasteiger partial charge in [0, 0.05) is 11.5 Å². The molecule has 9 atom stereocenters. The predicted octanol–water partition coefficient (Wildman–Crippen LogP) is 3.47. The summed E-state index contributed by atoms with van der Waals surface area (Å²) in [7, 11) is 0. The van der Waals surface area contributed by atoms with Gasteiger partial charge in [0.1, 0.15) is 0 Å². The molecule has 0 aliphatic heterocycles. The van der Waals surface area contributed by atoms with Crippen LogP contribution in [0.25, 0.3) is 0 Å². The van der Waals surface area contributed by atoms with Crippen molar-refractivity contribution in [3.05, 3.63) is 0 Å². The maximum atomic E-state index is 11.9. The van der Waals surface area contributed by atoms with E-state index < -0.39 is 5.60 Å². The Morgan fingerprint density at radius 2 is 1.71 bits per heavy atom. The van der Waals surface area contributed by atoms with Crippen LogP contribution in [-0.4, -0.2) is 28.0 Å². The van der Waals surface area contributed by atoms with Crippen LogP contribution in [0.5, 0.6) is 0 Å². The molecule has 3 nitrogen and oxygen atoms in total. The van der Waals surface area contributed by atoms with E-state index in [0.717, 1.165) is 44.9 Å². The normalized spacial score (nSPS) is 58.5. The summed E-state index contributed by atoms with van der Waals surface area (Å²) in [6.07, 6.45) is 9.73. The molecule has 0 amide bonds. The average Bonchev–Trinajstić information content (AvgIpc) is 2.80. The lowest BCUT2D eigenvalue weighted by molar-refractivity contribution is -0.211. The van der Waals surface area contributed by atoms with E-state index in [9.17, 15) is 10.2 Å². The first-order valence-corrected chi connectivity index (χ1v) is 10.4. The summed E-state index contributed by atoms with van der Waals surface area (Å²) in [5, 5.41) is 22.1. The fourth-order valence-corrected chi connectivity index (χ4v) is 8.09. The van der Waals surface area contributed by atoms with Gasteiger partial charge in [0.25, 0.3) is 0 Å². The monoisotopic (exact) mass is 335 g/mol. The molecule has 0 heterocycles. The summed E-state index contributed by atoms with van der Waals surface area (Å²) in [4.78, 5) is 0. The molecule has 0 aromatic heterocycles. The highest BCUT2D eigenvalue weighted by molar-refractivity contribution is 5.17. The second-order valence-corrected chi connectivity index (χ2v) is 10.3. The lowest BCUT2D eigenvalue weighted by atomic mass is 9.43. The van der Waals surface area contributed by atoms with E-state index in [1.807, 2.05) is 0 Å². The fraction of sp³-hybridized carbons (Fsp3) is 1.00. The van der Waals surface area contributed by atoms with Crippen molar-refractivity contribution in [2.45, 2.75) is 96.3 Å². The second-order valence-electron chi connectivity index (χ2n) is 10.3. The minimum absolute atomic E-state index is 0.000287. The van der Waals surface area contributed by atoms with E-state index >= 15 is 0 Å². The van der Waals surface area contributed by atoms with E-state index in [4.69, 9.17) is 5.73 Å². The minimum Gasteiger partial charge on any atom is -0.393 e. The SMILES string of the molecule is CC(N)[C@H]1CC[C@]2(O)[C@@H]3CCC4CC(O)CC[C@]4(C)[C@H]3CC[C@]12C. The lowest BCUT2D eigenvalue weighted by Gasteiger charge is -2.63. The van der Waals surface area contributed by atoms with E-state index in [0.29, 0.717) is 29.1 Å². The molecular weight excluding hydrogens is 298 g/mol. The van der Waals surface area contributed by atoms with Crippen molar-refractivity contribution in [2.75, 3.05) is 0 Å². The topological polar surface area (TPSA) is 66.5 Å². The van der Waals surface area contributed by atoms with E-state index in [2.05, 4.69) is 20.8 Å². The van der Waals surface area contributed by atoms with Gasteiger partial charge in [-0.05, 0) is 93.8 Å². The quantitative estimate of drug-likeness (QED) is 0.687. The molecule has 4 saturated carbocycles. The second kappa shape index (κ2) is 5.44. The fourth-order valence-electron chi connectivity index (χ4n) is 8.09. The van der Waals surface area contributed by atoms with Gasteiger partial charge in [-0.2, -0.15) is 0 Å². The van der Waals surface area contributed by atoms with Crippen molar-refractivity contribution in [3.63, 3.8) is 0 Å². The zero-order chi connectivity index (χ0) is 17.3. The number of hydrogen-bond donors (Lipinski definition) is 3. The highest BCUT2D eigenvalue weighted by Crippen LogP contribution is 2.69. The Kier molecular flexibility index (Phi) is 3.92. The molecule has 0 spiro atoms. The third-order valence-electron chi connectivity index (χ3n) is 9.53. The summed E-state index contributed by atoms with van der Waals surface area (Å²) < 4.78 is 0. The smallest absolute Gasteiger partial charge is 0.0735 e. The highest BCUT2D eigenvalue weighted by atomic mass is 16.3. The zero-order valence-electron chi connectivity index (χ0n) is 15.8. The predicted molar refractivity (Wildman–Crippen MR) is 96.3 cm³/mol. The van der Waals surface area contributed by atoms with Crippen molar-refractivity contribution in [1.29, 1.82) is 0 Å². The van der Waals surface area contributed by atoms with E-state index in [-0.39, 0.29) is 17.6 Å². The van der Waals surface area contributed by atoms with Crippen LogP contribution in [-0.2, 0) is 0 Å². The Morgan fingerprint density at radius 1 is 0.958 bits per heavy atom. The zero-order valence-corrected chi connectivity index (χ0v) is 15.8. The van der Waals surface area contributed by atoms with Crippen molar-refractivity contribution in [1.82, 2.24) is 0 Å². The van der Waals surface area contributed by atoms with E-state index in [1.54, 1.807) is 0 Å². The summed E-state index contributed by atoms with van der Waals surface area (Å²) in [6, 6.07) is 0.178. The van der Waals surface area contributed by atoms with Crippen molar-refractivity contribution in [2.24, 2.45) is 40.2 Å². The molecule has 24 heavy (non-hydrogen) atoms. The van der Waals surface area contributed by atoms with Crippen LogP contribution >= 0.6 is 0 Å². The molecule has 4 N–H and O–H groups in total. The Morgan fingerprint density at radius 3 is 2.42 bits per heavy atom. The molecule has 138 valence electrons. The van der Waals surface area contributed by atoms with Crippen molar-refractivity contribution < 1.29 is 10.2 Å². The molecule has 3 unspecified atom stereocenters. The van der Waals surface area contributed by atoms with Crippen LogP contribution in [0.4, 0.5) is 0 Å². The third-order valence-corrected chi connectivity index (χ3v) is 9.53. The van der Waals surface area contributed by atoms with Gasteiger partial charge in [-0.1, -0.05) is 13.8 Å². The maximum absolute atomic E-state index is 11.9. The number of fused-ring (bicyclic) bond motifs is 5. The number of aliphatic hydroxyl groups excluding tert-OH is 1. The van der Waals surface area contributed by atoms with Crippen LogP contribution in [0, 0.1) is 34.5 Å². The lowest BCUT2D eigenvalue weighted by Crippen LogP contribution is -2.63. The molecule has 3 heteroatoms. The number of rotatable bonds is 1. The molecule has 0 saturated heterocycles. The molecule has 0 bridgehead atoms. The molecular formula is C21H37NO2. The Balaban J connectivity index is 1.66. The van der Waals surface area contributed by atoms with Gasteiger partial charge in [-0.25, -0.2) is 0 Å². The number of aliphatic hydroxyl groups is 2. The van der Waals surface area contributed by atoms with Crippen molar-refractivity contribution in [3.8, 4) is 0 Å². The van der Waals surface area contributed by atoms with Crippen LogP contribution in [0.1, 0.15) is 78.6 Å². The van der Waals surface area contributed by atoms with Gasteiger partial charge < -0.3 is 15.9 Å². The highest BCUT2D eigenvalue weighted by Gasteiger charge is 2.67.